The average Bonchev–Trinajstić information content (AvgIpc) is 2.45. The van der Waals surface area contributed by atoms with Crippen molar-refractivity contribution in [3.05, 3.63) is 35.7 Å². The molecule has 2 rings (SSSR count). The SMILES string of the molecule is CN1CCC(N(C)c2cccc(F)c2/C=C/C(=O)O)CC1. The first-order chi connectivity index (χ1) is 9.99. The van der Waals surface area contributed by atoms with E-state index < -0.39 is 11.8 Å². The van der Waals surface area contributed by atoms with Crippen LogP contribution in [0.1, 0.15) is 18.4 Å². The van der Waals surface area contributed by atoms with Gasteiger partial charge in [0.1, 0.15) is 5.82 Å². The highest BCUT2D eigenvalue weighted by atomic mass is 19.1. The molecule has 0 unspecified atom stereocenters. The molecule has 1 fully saturated rings. The smallest absolute Gasteiger partial charge is 0.328 e. The molecule has 0 amide bonds. The molecule has 0 radical (unpaired) electrons. The van der Waals surface area contributed by atoms with E-state index in [1.165, 1.54) is 12.1 Å². The van der Waals surface area contributed by atoms with E-state index in [1.807, 2.05) is 13.1 Å². The van der Waals surface area contributed by atoms with Crippen molar-refractivity contribution in [3.8, 4) is 0 Å². The van der Waals surface area contributed by atoms with Gasteiger partial charge in [-0.15, -0.1) is 0 Å². The topological polar surface area (TPSA) is 43.8 Å². The van der Waals surface area contributed by atoms with Crippen LogP contribution in [0.2, 0.25) is 0 Å². The fourth-order valence-electron chi connectivity index (χ4n) is 2.73. The van der Waals surface area contributed by atoms with Crippen LogP contribution in [-0.4, -0.2) is 49.2 Å². The van der Waals surface area contributed by atoms with Crippen molar-refractivity contribution in [1.82, 2.24) is 4.90 Å². The summed E-state index contributed by atoms with van der Waals surface area (Å²) in [6, 6.07) is 5.20. The third-order valence-corrected chi connectivity index (χ3v) is 4.04. The van der Waals surface area contributed by atoms with Crippen molar-refractivity contribution in [2.45, 2.75) is 18.9 Å². The molecule has 1 aromatic rings. The van der Waals surface area contributed by atoms with Gasteiger partial charge >= 0.3 is 5.97 Å². The monoisotopic (exact) mass is 292 g/mol. The Labute approximate surface area is 124 Å². The van der Waals surface area contributed by atoms with Crippen LogP contribution in [0, 0.1) is 5.82 Å². The fraction of sp³-hybridized carbons (Fsp3) is 0.438. The largest absolute Gasteiger partial charge is 0.478 e. The van der Waals surface area contributed by atoms with Crippen LogP contribution in [0.25, 0.3) is 6.08 Å². The van der Waals surface area contributed by atoms with Crippen molar-refractivity contribution >= 4 is 17.7 Å². The molecule has 0 bridgehead atoms. The molecule has 0 aromatic heterocycles. The highest BCUT2D eigenvalue weighted by molar-refractivity contribution is 5.87. The molecule has 1 aliphatic rings. The Bertz CT molecular complexity index is 537. The summed E-state index contributed by atoms with van der Waals surface area (Å²) in [4.78, 5) is 15.0. The van der Waals surface area contributed by atoms with Gasteiger partial charge < -0.3 is 14.9 Å². The van der Waals surface area contributed by atoms with Crippen molar-refractivity contribution in [2.75, 3.05) is 32.1 Å². The zero-order valence-electron chi connectivity index (χ0n) is 12.4. The minimum Gasteiger partial charge on any atom is -0.478 e. The normalized spacial score (nSPS) is 17.3. The van der Waals surface area contributed by atoms with Gasteiger partial charge in [-0.05, 0) is 51.2 Å². The maximum absolute atomic E-state index is 14.0. The maximum Gasteiger partial charge on any atom is 0.328 e. The first-order valence-corrected chi connectivity index (χ1v) is 7.10. The standard InChI is InChI=1S/C16H21FN2O2/c1-18-10-8-12(9-11-18)19(2)15-5-3-4-14(17)13(15)6-7-16(20)21/h3-7,12H,8-11H2,1-2H3,(H,20,21)/b7-6+. The van der Waals surface area contributed by atoms with Gasteiger partial charge in [-0.3, -0.25) is 0 Å². The molecule has 114 valence electrons. The minimum atomic E-state index is -1.08. The Balaban J connectivity index is 2.26. The van der Waals surface area contributed by atoms with E-state index in [0.717, 1.165) is 37.7 Å². The van der Waals surface area contributed by atoms with Gasteiger partial charge in [-0.1, -0.05) is 6.07 Å². The van der Waals surface area contributed by atoms with Gasteiger partial charge in [0.2, 0.25) is 0 Å². The molecule has 21 heavy (non-hydrogen) atoms. The van der Waals surface area contributed by atoms with Gasteiger partial charge in [0.05, 0.1) is 0 Å². The number of aliphatic carboxylic acids is 1. The Morgan fingerprint density at radius 1 is 1.43 bits per heavy atom. The summed E-state index contributed by atoms with van der Waals surface area (Å²) in [5.74, 6) is -1.48. The molecular formula is C16H21FN2O2. The van der Waals surface area contributed by atoms with Crippen LogP contribution in [0.15, 0.2) is 24.3 Å². The second-order valence-electron chi connectivity index (χ2n) is 5.49. The summed E-state index contributed by atoms with van der Waals surface area (Å²) >= 11 is 0. The molecule has 0 aliphatic carbocycles. The van der Waals surface area contributed by atoms with Crippen molar-refractivity contribution in [3.63, 3.8) is 0 Å². The third kappa shape index (κ3) is 3.82. The molecular weight excluding hydrogens is 271 g/mol. The van der Waals surface area contributed by atoms with Crippen molar-refractivity contribution < 1.29 is 14.3 Å². The molecule has 1 N–H and O–H groups in total. The molecule has 1 saturated heterocycles. The number of rotatable bonds is 4. The van der Waals surface area contributed by atoms with E-state index >= 15 is 0 Å². The predicted octanol–water partition coefficient (Wildman–Crippen LogP) is 2.45. The van der Waals surface area contributed by atoms with E-state index in [0.29, 0.717) is 11.6 Å². The Hall–Kier alpha value is -1.88. The van der Waals surface area contributed by atoms with Crippen LogP contribution in [0.5, 0.6) is 0 Å². The molecule has 4 nitrogen and oxygen atoms in total. The fourth-order valence-corrected chi connectivity index (χ4v) is 2.73. The number of piperidine rings is 1. The van der Waals surface area contributed by atoms with Crippen molar-refractivity contribution in [2.24, 2.45) is 0 Å². The van der Waals surface area contributed by atoms with E-state index in [4.69, 9.17) is 5.11 Å². The first-order valence-electron chi connectivity index (χ1n) is 7.10. The van der Waals surface area contributed by atoms with Crippen molar-refractivity contribution in [1.29, 1.82) is 0 Å². The van der Waals surface area contributed by atoms with Gasteiger partial charge in [-0.25, -0.2) is 9.18 Å². The molecule has 1 heterocycles. The predicted molar refractivity (Wildman–Crippen MR) is 82.0 cm³/mol. The second kappa shape index (κ2) is 6.72. The lowest BCUT2D eigenvalue weighted by molar-refractivity contribution is -0.131. The van der Waals surface area contributed by atoms with Crippen LogP contribution in [0.4, 0.5) is 10.1 Å². The van der Waals surface area contributed by atoms with E-state index in [-0.39, 0.29) is 0 Å². The highest BCUT2D eigenvalue weighted by Gasteiger charge is 2.22. The number of carboxylic acid groups (broad SMARTS) is 1. The summed E-state index contributed by atoms with van der Waals surface area (Å²) in [5.41, 5.74) is 1.07. The zero-order valence-corrected chi connectivity index (χ0v) is 12.4. The molecule has 0 atom stereocenters. The quantitative estimate of drug-likeness (QED) is 0.866. The summed E-state index contributed by atoms with van der Waals surface area (Å²) in [6.07, 6.45) is 4.35. The van der Waals surface area contributed by atoms with Crippen LogP contribution in [-0.2, 0) is 4.79 Å². The molecule has 1 aromatic carbocycles. The lowest BCUT2D eigenvalue weighted by atomic mass is 10.0. The maximum atomic E-state index is 14.0. The Morgan fingerprint density at radius 2 is 2.10 bits per heavy atom. The van der Waals surface area contributed by atoms with Crippen LogP contribution in [0.3, 0.4) is 0 Å². The summed E-state index contributed by atoms with van der Waals surface area (Å²) in [7, 11) is 4.04. The van der Waals surface area contributed by atoms with E-state index in [9.17, 15) is 9.18 Å². The molecule has 1 aliphatic heterocycles. The Kier molecular flexibility index (Phi) is 4.96. The number of benzene rings is 1. The summed E-state index contributed by atoms with van der Waals surface area (Å²) in [5, 5.41) is 8.74. The van der Waals surface area contributed by atoms with Crippen LogP contribution >= 0.6 is 0 Å². The number of anilines is 1. The lowest BCUT2D eigenvalue weighted by Gasteiger charge is -2.37. The summed E-state index contributed by atoms with van der Waals surface area (Å²) in [6.45, 7) is 2.04. The highest BCUT2D eigenvalue weighted by Crippen LogP contribution is 2.28. The number of hydrogen-bond donors (Lipinski definition) is 1. The first kappa shape index (κ1) is 15.5. The number of nitrogens with zero attached hydrogens (tertiary/aromatic N) is 2. The van der Waals surface area contributed by atoms with Gasteiger partial charge in [0.25, 0.3) is 0 Å². The number of likely N-dealkylation sites (tertiary alicyclic amines) is 1. The van der Waals surface area contributed by atoms with E-state index in [2.05, 4.69) is 16.8 Å². The molecule has 5 heteroatoms. The van der Waals surface area contributed by atoms with Gasteiger partial charge in [-0.2, -0.15) is 0 Å². The minimum absolute atomic E-state index is 0.335. The van der Waals surface area contributed by atoms with Gasteiger partial charge in [0, 0.05) is 30.4 Å². The third-order valence-electron chi connectivity index (χ3n) is 4.04. The number of carboxylic acids is 1. The zero-order chi connectivity index (χ0) is 15.4. The van der Waals surface area contributed by atoms with E-state index in [1.54, 1.807) is 6.07 Å². The number of hydrogen-bond acceptors (Lipinski definition) is 3. The van der Waals surface area contributed by atoms with Crippen LogP contribution < -0.4 is 4.90 Å². The number of halogens is 1. The second-order valence-corrected chi connectivity index (χ2v) is 5.49. The Morgan fingerprint density at radius 3 is 2.71 bits per heavy atom. The average molecular weight is 292 g/mol. The summed E-state index contributed by atoms with van der Waals surface area (Å²) < 4.78 is 14.0. The molecule has 0 spiro atoms. The molecule has 0 saturated carbocycles. The van der Waals surface area contributed by atoms with Gasteiger partial charge in [0.15, 0.2) is 0 Å². The lowest BCUT2D eigenvalue weighted by Crippen LogP contribution is -2.42. The number of carbonyl (C=O) groups is 1.